The average Bonchev–Trinajstić information content (AvgIpc) is 2.56. The highest BCUT2D eigenvalue weighted by molar-refractivity contribution is 5.94. The third-order valence-electron chi connectivity index (χ3n) is 3.51. The van der Waals surface area contributed by atoms with Gasteiger partial charge in [-0.15, -0.1) is 0 Å². The molecule has 7 nitrogen and oxygen atoms in total. The van der Waals surface area contributed by atoms with E-state index in [1.54, 1.807) is 12.1 Å². The van der Waals surface area contributed by atoms with Gasteiger partial charge < -0.3 is 24.8 Å². The smallest absolute Gasteiger partial charge is 0.334 e. The van der Waals surface area contributed by atoms with Crippen LogP contribution in [0.5, 0.6) is 0 Å². The van der Waals surface area contributed by atoms with Gasteiger partial charge in [-0.05, 0) is 24.3 Å². The van der Waals surface area contributed by atoms with Gasteiger partial charge in [0, 0.05) is 31.5 Å². The molecular formula is C15H20N2O5. The van der Waals surface area contributed by atoms with Crippen molar-refractivity contribution < 1.29 is 24.2 Å². The quantitative estimate of drug-likeness (QED) is 0.788. The summed E-state index contributed by atoms with van der Waals surface area (Å²) in [6.45, 7) is 3.00. The zero-order valence-corrected chi connectivity index (χ0v) is 12.4. The Morgan fingerprint density at radius 1 is 1.32 bits per heavy atom. The third-order valence-corrected chi connectivity index (χ3v) is 3.51. The van der Waals surface area contributed by atoms with Crippen LogP contribution in [0.2, 0.25) is 0 Å². The van der Waals surface area contributed by atoms with Crippen molar-refractivity contribution in [3.05, 3.63) is 29.8 Å². The predicted octanol–water partition coefficient (Wildman–Crippen LogP) is 0.353. The Bertz CT molecular complexity index is 511. The molecule has 22 heavy (non-hydrogen) atoms. The zero-order chi connectivity index (χ0) is 15.9. The number of hydrogen-bond donors (Lipinski definition) is 2. The first-order chi connectivity index (χ1) is 10.6. The van der Waals surface area contributed by atoms with Crippen LogP contribution in [0.3, 0.4) is 0 Å². The van der Waals surface area contributed by atoms with E-state index in [0.29, 0.717) is 18.8 Å². The Labute approximate surface area is 128 Å². The van der Waals surface area contributed by atoms with Crippen molar-refractivity contribution in [1.82, 2.24) is 5.32 Å². The van der Waals surface area contributed by atoms with Crippen LogP contribution in [-0.4, -0.2) is 63.0 Å². The SMILES string of the molecule is COC(CNC(=O)c1ccc(N2CCOCC2)cc1)C(=O)O. The number of anilines is 1. The van der Waals surface area contributed by atoms with E-state index in [2.05, 4.69) is 10.2 Å². The van der Waals surface area contributed by atoms with Gasteiger partial charge in [-0.1, -0.05) is 0 Å². The van der Waals surface area contributed by atoms with Gasteiger partial charge in [0.2, 0.25) is 0 Å². The molecule has 1 aromatic carbocycles. The summed E-state index contributed by atoms with van der Waals surface area (Å²) in [4.78, 5) is 25.0. The third kappa shape index (κ3) is 4.19. The standard InChI is InChI=1S/C15H20N2O5/c1-21-13(15(19)20)10-16-14(18)11-2-4-12(5-3-11)17-6-8-22-9-7-17/h2-5,13H,6-10H2,1H3,(H,16,18)(H,19,20). The number of benzene rings is 1. The highest BCUT2D eigenvalue weighted by Gasteiger charge is 2.18. The fourth-order valence-electron chi connectivity index (χ4n) is 2.20. The van der Waals surface area contributed by atoms with Crippen LogP contribution in [0.15, 0.2) is 24.3 Å². The monoisotopic (exact) mass is 308 g/mol. The molecule has 1 atom stereocenters. The number of nitrogens with zero attached hydrogens (tertiary/aromatic N) is 1. The van der Waals surface area contributed by atoms with Crippen LogP contribution >= 0.6 is 0 Å². The molecule has 2 rings (SSSR count). The summed E-state index contributed by atoms with van der Waals surface area (Å²) in [6.07, 6.45) is -1.04. The molecule has 0 aromatic heterocycles. The van der Waals surface area contributed by atoms with E-state index >= 15 is 0 Å². The Kier molecular flexibility index (Phi) is 5.74. The Morgan fingerprint density at radius 3 is 2.50 bits per heavy atom. The number of carbonyl (C=O) groups is 2. The second-order valence-electron chi connectivity index (χ2n) is 4.92. The van der Waals surface area contributed by atoms with Crippen molar-refractivity contribution in [2.75, 3.05) is 44.9 Å². The molecule has 1 aliphatic rings. The summed E-state index contributed by atoms with van der Waals surface area (Å²) in [5, 5.41) is 11.4. The zero-order valence-electron chi connectivity index (χ0n) is 12.4. The van der Waals surface area contributed by atoms with Crippen LogP contribution < -0.4 is 10.2 Å². The minimum absolute atomic E-state index is 0.0735. The van der Waals surface area contributed by atoms with E-state index in [0.717, 1.165) is 18.8 Å². The largest absolute Gasteiger partial charge is 0.479 e. The van der Waals surface area contributed by atoms with Crippen LogP contribution in [-0.2, 0) is 14.3 Å². The van der Waals surface area contributed by atoms with Crippen molar-refractivity contribution >= 4 is 17.6 Å². The predicted molar refractivity (Wildman–Crippen MR) is 80.2 cm³/mol. The first-order valence-corrected chi connectivity index (χ1v) is 7.08. The molecule has 0 bridgehead atoms. The van der Waals surface area contributed by atoms with E-state index in [9.17, 15) is 9.59 Å². The normalized spacial score (nSPS) is 16.1. The topological polar surface area (TPSA) is 88.1 Å². The van der Waals surface area contributed by atoms with E-state index in [4.69, 9.17) is 14.6 Å². The molecule has 1 aliphatic heterocycles. The fraction of sp³-hybridized carbons (Fsp3) is 0.467. The Balaban J connectivity index is 1.91. The maximum atomic E-state index is 12.0. The maximum Gasteiger partial charge on any atom is 0.334 e. The molecule has 120 valence electrons. The summed E-state index contributed by atoms with van der Waals surface area (Å²) in [5.74, 6) is -1.43. The average molecular weight is 308 g/mol. The van der Waals surface area contributed by atoms with Gasteiger partial charge in [-0.3, -0.25) is 4.79 Å². The summed E-state index contributed by atoms with van der Waals surface area (Å²) in [6, 6.07) is 7.21. The number of amides is 1. The number of hydrogen-bond acceptors (Lipinski definition) is 5. The molecule has 1 saturated heterocycles. The van der Waals surface area contributed by atoms with Crippen molar-refractivity contribution in [3.8, 4) is 0 Å². The number of ether oxygens (including phenoxy) is 2. The van der Waals surface area contributed by atoms with E-state index < -0.39 is 12.1 Å². The fourth-order valence-corrected chi connectivity index (χ4v) is 2.20. The molecule has 2 N–H and O–H groups in total. The van der Waals surface area contributed by atoms with E-state index in [1.807, 2.05) is 12.1 Å². The first kappa shape index (κ1) is 16.3. The second kappa shape index (κ2) is 7.77. The number of nitrogens with one attached hydrogen (secondary N) is 1. The lowest BCUT2D eigenvalue weighted by Gasteiger charge is -2.28. The summed E-state index contributed by atoms with van der Waals surface area (Å²) in [5.41, 5.74) is 1.53. The van der Waals surface area contributed by atoms with Gasteiger partial charge in [-0.25, -0.2) is 4.79 Å². The van der Waals surface area contributed by atoms with Gasteiger partial charge in [0.15, 0.2) is 6.10 Å². The highest BCUT2D eigenvalue weighted by atomic mass is 16.5. The molecule has 0 saturated carbocycles. The summed E-state index contributed by atoms with van der Waals surface area (Å²) >= 11 is 0. The number of carboxylic acid groups (broad SMARTS) is 1. The van der Waals surface area contributed by atoms with Crippen LogP contribution in [0.4, 0.5) is 5.69 Å². The molecule has 1 heterocycles. The van der Waals surface area contributed by atoms with Gasteiger partial charge in [-0.2, -0.15) is 0 Å². The maximum absolute atomic E-state index is 12.0. The molecule has 0 aliphatic carbocycles. The van der Waals surface area contributed by atoms with Crippen molar-refractivity contribution in [2.45, 2.75) is 6.10 Å². The number of methoxy groups -OCH3 is 1. The lowest BCUT2D eigenvalue weighted by atomic mass is 10.1. The molecule has 7 heteroatoms. The molecule has 1 aromatic rings. The molecular weight excluding hydrogens is 288 g/mol. The van der Waals surface area contributed by atoms with Crippen LogP contribution in [0, 0.1) is 0 Å². The molecule has 1 unspecified atom stereocenters. The molecule has 0 spiro atoms. The molecule has 1 amide bonds. The number of carboxylic acids is 1. The number of carbonyl (C=O) groups excluding carboxylic acids is 1. The number of morpholine rings is 1. The highest BCUT2D eigenvalue weighted by Crippen LogP contribution is 2.16. The number of rotatable bonds is 6. The van der Waals surface area contributed by atoms with Gasteiger partial charge in [0.25, 0.3) is 5.91 Å². The van der Waals surface area contributed by atoms with E-state index in [1.165, 1.54) is 7.11 Å². The first-order valence-electron chi connectivity index (χ1n) is 7.08. The number of aliphatic carboxylic acids is 1. The van der Waals surface area contributed by atoms with Gasteiger partial charge >= 0.3 is 5.97 Å². The van der Waals surface area contributed by atoms with Gasteiger partial charge in [0.1, 0.15) is 0 Å². The summed E-state index contributed by atoms with van der Waals surface area (Å²) in [7, 11) is 1.29. The molecule has 1 fully saturated rings. The van der Waals surface area contributed by atoms with Crippen molar-refractivity contribution in [1.29, 1.82) is 0 Å². The molecule has 0 radical (unpaired) electrons. The van der Waals surface area contributed by atoms with Crippen molar-refractivity contribution in [2.24, 2.45) is 0 Å². The minimum atomic E-state index is -1.11. The lowest BCUT2D eigenvalue weighted by Crippen LogP contribution is -2.38. The Hall–Kier alpha value is -2.12. The van der Waals surface area contributed by atoms with Crippen molar-refractivity contribution in [3.63, 3.8) is 0 Å². The van der Waals surface area contributed by atoms with Crippen LogP contribution in [0.25, 0.3) is 0 Å². The van der Waals surface area contributed by atoms with Crippen LogP contribution in [0.1, 0.15) is 10.4 Å². The van der Waals surface area contributed by atoms with E-state index in [-0.39, 0.29) is 12.5 Å². The summed E-state index contributed by atoms with van der Waals surface area (Å²) < 4.78 is 10.1. The Morgan fingerprint density at radius 2 is 1.95 bits per heavy atom. The van der Waals surface area contributed by atoms with Gasteiger partial charge in [0.05, 0.1) is 19.8 Å². The minimum Gasteiger partial charge on any atom is -0.479 e. The lowest BCUT2D eigenvalue weighted by molar-refractivity contribution is -0.148. The second-order valence-corrected chi connectivity index (χ2v) is 4.92.